The fraction of sp³-hybridized carbons (Fsp3) is 0.950. The normalized spacial score (nSPS) is 13.3. The molecule has 4 nitrogen and oxygen atoms in total. The van der Waals surface area contributed by atoms with Crippen molar-refractivity contribution in [1.29, 1.82) is 0 Å². The molecule has 0 saturated heterocycles. The topological polar surface area (TPSA) is 44.8 Å². The standard InChI is InChI=1S/C20H40O4/c1-7-15-22-18(23-16-8-2)14-12-10-9-11-13-17(3)24-19(21)20(4,5)6/h17-18H,7-16H2,1-6H3. The predicted octanol–water partition coefficient (Wildman–Crippen LogP) is 5.48. The Morgan fingerprint density at radius 2 is 1.38 bits per heavy atom. The van der Waals surface area contributed by atoms with Crippen molar-refractivity contribution in [3.05, 3.63) is 0 Å². The molecule has 144 valence electrons. The first-order chi connectivity index (χ1) is 11.3. The van der Waals surface area contributed by atoms with Crippen molar-refractivity contribution in [2.24, 2.45) is 5.41 Å². The maximum atomic E-state index is 11.8. The molecular weight excluding hydrogens is 304 g/mol. The van der Waals surface area contributed by atoms with Crippen molar-refractivity contribution in [2.45, 2.75) is 105 Å². The van der Waals surface area contributed by atoms with E-state index in [1.807, 2.05) is 27.7 Å². The third-order valence-corrected chi connectivity index (χ3v) is 3.74. The van der Waals surface area contributed by atoms with Crippen molar-refractivity contribution >= 4 is 5.97 Å². The number of ether oxygens (including phenoxy) is 3. The Labute approximate surface area is 149 Å². The van der Waals surface area contributed by atoms with Gasteiger partial charge in [0.15, 0.2) is 6.29 Å². The lowest BCUT2D eigenvalue weighted by atomic mass is 9.97. The Morgan fingerprint density at radius 1 is 0.875 bits per heavy atom. The second-order valence-electron chi connectivity index (χ2n) is 7.63. The molecule has 24 heavy (non-hydrogen) atoms. The van der Waals surface area contributed by atoms with Crippen LogP contribution in [0.4, 0.5) is 0 Å². The molecule has 1 unspecified atom stereocenters. The number of hydrogen-bond acceptors (Lipinski definition) is 4. The van der Waals surface area contributed by atoms with Crippen molar-refractivity contribution in [2.75, 3.05) is 13.2 Å². The maximum absolute atomic E-state index is 11.8. The third kappa shape index (κ3) is 12.8. The Hall–Kier alpha value is -0.610. The molecule has 0 aliphatic heterocycles. The van der Waals surface area contributed by atoms with Gasteiger partial charge in [0.2, 0.25) is 0 Å². The molecule has 1 atom stereocenters. The van der Waals surface area contributed by atoms with Crippen LogP contribution in [0.25, 0.3) is 0 Å². The van der Waals surface area contributed by atoms with E-state index in [0.717, 1.165) is 58.2 Å². The lowest BCUT2D eigenvalue weighted by molar-refractivity contribution is -0.158. The van der Waals surface area contributed by atoms with Crippen LogP contribution in [0.1, 0.15) is 92.9 Å². The van der Waals surface area contributed by atoms with Gasteiger partial charge in [0, 0.05) is 13.2 Å². The van der Waals surface area contributed by atoms with Gasteiger partial charge in [-0.25, -0.2) is 0 Å². The van der Waals surface area contributed by atoms with E-state index < -0.39 is 5.41 Å². The first-order valence-electron chi connectivity index (χ1n) is 9.75. The molecule has 0 aromatic rings. The fourth-order valence-corrected chi connectivity index (χ4v) is 2.23. The molecule has 0 saturated carbocycles. The van der Waals surface area contributed by atoms with Crippen LogP contribution in [-0.2, 0) is 19.0 Å². The zero-order valence-corrected chi connectivity index (χ0v) is 16.9. The second-order valence-corrected chi connectivity index (χ2v) is 7.63. The van der Waals surface area contributed by atoms with Gasteiger partial charge in [-0.05, 0) is 66.2 Å². The van der Waals surface area contributed by atoms with Crippen LogP contribution in [0.5, 0.6) is 0 Å². The summed E-state index contributed by atoms with van der Waals surface area (Å²) in [6.45, 7) is 13.4. The lowest BCUT2D eigenvalue weighted by Gasteiger charge is -2.21. The van der Waals surface area contributed by atoms with E-state index in [9.17, 15) is 4.79 Å². The van der Waals surface area contributed by atoms with Crippen LogP contribution in [0, 0.1) is 5.41 Å². The number of unbranched alkanes of at least 4 members (excludes halogenated alkanes) is 3. The van der Waals surface area contributed by atoms with Crippen LogP contribution in [-0.4, -0.2) is 31.6 Å². The minimum absolute atomic E-state index is 0.00486. The molecule has 0 radical (unpaired) electrons. The van der Waals surface area contributed by atoms with Crippen molar-refractivity contribution in [3.63, 3.8) is 0 Å². The summed E-state index contributed by atoms with van der Waals surface area (Å²) in [5.41, 5.74) is -0.416. The minimum Gasteiger partial charge on any atom is -0.462 e. The molecule has 0 aliphatic carbocycles. The van der Waals surface area contributed by atoms with E-state index in [1.54, 1.807) is 0 Å². The highest BCUT2D eigenvalue weighted by Crippen LogP contribution is 2.18. The van der Waals surface area contributed by atoms with E-state index in [4.69, 9.17) is 14.2 Å². The van der Waals surface area contributed by atoms with Gasteiger partial charge in [-0.3, -0.25) is 4.79 Å². The highest BCUT2D eigenvalue weighted by Gasteiger charge is 2.24. The number of rotatable bonds is 14. The van der Waals surface area contributed by atoms with E-state index in [1.165, 1.54) is 6.42 Å². The van der Waals surface area contributed by atoms with Gasteiger partial charge < -0.3 is 14.2 Å². The number of carbonyl (C=O) groups is 1. The molecule has 0 bridgehead atoms. The molecule has 0 aromatic heterocycles. The zero-order valence-electron chi connectivity index (χ0n) is 16.9. The van der Waals surface area contributed by atoms with Crippen molar-refractivity contribution in [3.8, 4) is 0 Å². The van der Waals surface area contributed by atoms with Crippen LogP contribution in [0.15, 0.2) is 0 Å². The number of hydrogen-bond donors (Lipinski definition) is 0. The first kappa shape index (κ1) is 23.4. The lowest BCUT2D eigenvalue weighted by Crippen LogP contribution is -2.26. The summed E-state index contributed by atoms with van der Waals surface area (Å²) in [6, 6.07) is 0. The minimum atomic E-state index is -0.416. The molecule has 0 N–H and O–H groups in total. The maximum Gasteiger partial charge on any atom is 0.311 e. The third-order valence-electron chi connectivity index (χ3n) is 3.74. The Balaban J connectivity index is 3.74. The largest absolute Gasteiger partial charge is 0.462 e. The van der Waals surface area contributed by atoms with Gasteiger partial charge in [-0.15, -0.1) is 0 Å². The second kappa shape index (κ2) is 13.7. The zero-order chi connectivity index (χ0) is 18.4. The SMILES string of the molecule is CCCOC(CCCCCCC(C)OC(=O)C(C)(C)C)OCCC. The van der Waals surface area contributed by atoms with Gasteiger partial charge in [0.25, 0.3) is 0 Å². The molecule has 0 fully saturated rings. The number of esters is 1. The van der Waals surface area contributed by atoms with E-state index >= 15 is 0 Å². The molecule has 0 aliphatic rings. The molecule has 0 spiro atoms. The Kier molecular flexibility index (Phi) is 13.3. The predicted molar refractivity (Wildman–Crippen MR) is 99.0 cm³/mol. The van der Waals surface area contributed by atoms with Crippen LogP contribution in [0.3, 0.4) is 0 Å². The Bertz CT molecular complexity index is 301. The summed E-state index contributed by atoms with van der Waals surface area (Å²) < 4.78 is 16.9. The summed E-state index contributed by atoms with van der Waals surface area (Å²) in [7, 11) is 0. The Morgan fingerprint density at radius 3 is 1.83 bits per heavy atom. The van der Waals surface area contributed by atoms with Gasteiger partial charge >= 0.3 is 5.97 Å². The smallest absolute Gasteiger partial charge is 0.311 e. The first-order valence-corrected chi connectivity index (χ1v) is 9.75. The molecular formula is C20H40O4. The van der Waals surface area contributed by atoms with Crippen LogP contribution in [0.2, 0.25) is 0 Å². The monoisotopic (exact) mass is 344 g/mol. The highest BCUT2D eigenvalue weighted by molar-refractivity contribution is 5.75. The molecule has 0 rings (SSSR count). The summed E-state index contributed by atoms with van der Waals surface area (Å²) in [6.07, 6.45) is 8.45. The van der Waals surface area contributed by atoms with Gasteiger partial charge in [-0.1, -0.05) is 26.7 Å². The molecule has 4 heteroatoms. The van der Waals surface area contributed by atoms with E-state index in [0.29, 0.717) is 0 Å². The van der Waals surface area contributed by atoms with Crippen LogP contribution < -0.4 is 0 Å². The average Bonchev–Trinajstić information content (AvgIpc) is 2.51. The molecule has 0 heterocycles. The molecule has 0 amide bonds. The van der Waals surface area contributed by atoms with E-state index in [-0.39, 0.29) is 18.4 Å². The van der Waals surface area contributed by atoms with Crippen molar-refractivity contribution < 1.29 is 19.0 Å². The highest BCUT2D eigenvalue weighted by atomic mass is 16.7. The van der Waals surface area contributed by atoms with Gasteiger partial charge in [0.05, 0.1) is 11.5 Å². The van der Waals surface area contributed by atoms with E-state index in [2.05, 4.69) is 13.8 Å². The summed E-state index contributed by atoms with van der Waals surface area (Å²) >= 11 is 0. The summed E-state index contributed by atoms with van der Waals surface area (Å²) in [5.74, 6) is -0.112. The van der Waals surface area contributed by atoms with Crippen LogP contribution >= 0.6 is 0 Å². The van der Waals surface area contributed by atoms with Crippen molar-refractivity contribution in [1.82, 2.24) is 0 Å². The fourth-order valence-electron chi connectivity index (χ4n) is 2.23. The summed E-state index contributed by atoms with van der Waals surface area (Å²) in [5, 5.41) is 0. The quantitative estimate of drug-likeness (QED) is 0.238. The molecule has 0 aromatic carbocycles. The van der Waals surface area contributed by atoms with Gasteiger partial charge in [0.1, 0.15) is 0 Å². The van der Waals surface area contributed by atoms with Gasteiger partial charge in [-0.2, -0.15) is 0 Å². The number of carbonyl (C=O) groups excluding carboxylic acids is 1. The average molecular weight is 345 g/mol. The summed E-state index contributed by atoms with van der Waals surface area (Å²) in [4.78, 5) is 11.8.